The molecule has 0 aliphatic carbocycles. The van der Waals surface area contributed by atoms with Gasteiger partial charge in [0.25, 0.3) is 5.17 Å². The first kappa shape index (κ1) is 10.2. The molecule has 11 heavy (non-hydrogen) atoms. The smallest absolute Gasteiger partial charge is 0.372 e. The van der Waals surface area contributed by atoms with Crippen LogP contribution < -0.4 is 0 Å². The second kappa shape index (κ2) is 4.96. The van der Waals surface area contributed by atoms with Crippen LogP contribution in [-0.4, -0.2) is 23.0 Å². The molecule has 0 bridgehead atoms. The number of carbonyl (C=O) groups excluding carboxylic acids is 1. The molecule has 0 rings (SSSR count). The molecule has 0 atom stereocenters. The fourth-order valence-electron chi connectivity index (χ4n) is 0.343. The van der Waals surface area contributed by atoms with Crippen molar-refractivity contribution in [3.63, 3.8) is 0 Å². The monoisotopic (exact) mass is 179 g/mol. The van der Waals surface area contributed by atoms with Gasteiger partial charge in [0.05, 0.1) is 6.61 Å². The molecule has 0 amide bonds. The minimum atomic E-state index is -0.803. The van der Waals surface area contributed by atoms with Crippen LogP contribution in [-0.2, 0) is 9.53 Å². The summed E-state index contributed by atoms with van der Waals surface area (Å²) in [6, 6.07) is 0. The SMILES string of the molecule is CC(C)COC(=O)C(Cl)=NO. The van der Waals surface area contributed by atoms with E-state index in [4.69, 9.17) is 16.8 Å². The first-order valence-electron chi connectivity index (χ1n) is 3.12. The Morgan fingerprint density at radius 3 is 2.64 bits per heavy atom. The van der Waals surface area contributed by atoms with Crippen molar-refractivity contribution in [1.29, 1.82) is 0 Å². The highest BCUT2D eigenvalue weighted by atomic mass is 35.5. The Kier molecular flexibility index (Phi) is 4.61. The van der Waals surface area contributed by atoms with Crippen molar-refractivity contribution in [3.05, 3.63) is 0 Å². The Balaban J connectivity index is 3.71. The third kappa shape index (κ3) is 4.61. The van der Waals surface area contributed by atoms with E-state index < -0.39 is 11.1 Å². The van der Waals surface area contributed by atoms with Gasteiger partial charge in [0.1, 0.15) is 0 Å². The first-order valence-corrected chi connectivity index (χ1v) is 3.50. The van der Waals surface area contributed by atoms with E-state index in [0.29, 0.717) is 0 Å². The molecule has 0 radical (unpaired) electrons. The molecule has 0 aliphatic rings. The number of halogens is 1. The minimum absolute atomic E-state index is 0.238. The van der Waals surface area contributed by atoms with Crippen molar-refractivity contribution in [3.8, 4) is 0 Å². The van der Waals surface area contributed by atoms with Gasteiger partial charge >= 0.3 is 5.97 Å². The molecule has 64 valence electrons. The molecule has 0 heterocycles. The Bertz CT molecular complexity index is 167. The molecule has 0 aromatic rings. The molecular formula is C6H10ClNO3. The van der Waals surface area contributed by atoms with Crippen molar-refractivity contribution in [1.82, 2.24) is 0 Å². The van der Waals surface area contributed by atoms with E-state index in [0.717, 1.165) is 0 Å². The average Bonchev–Trinajstić information content (AvgIpc) is 1.98. The summed E-state index contributed by atoms with van der Waals surface area (Å²) >= 11 is 5.12. The van der Waals surface area contributed by atoms with Crippen LogP contribution in [0.2, 0.25) is 0 Å². The summed E-state index contributed by atoms with van der Waals surface area (Å²) in [5.41, 5.74) is 0. The van der Waals surface area contributed by atoms with Crippen molar-refractivity contribution in [2.24, 2.45) is 11.1 Å². The molecular weight excluding hydrogens is 170 g/mol. The third-order valence-corrected chi connectivity index (χ3v) is 1.03. The molecule has 0 fully saturated rings. The quantitative estimate of drug-likeness (QED) is 0.307. The van der Waals surface area contributed by atoms with Crippen molar-refractivity contribution in [2.45, 2.75) is 13.8 Å². The van der Waals surface area contributed by atoms with Gasteiger partial charge in [-0.2, -0.15) is 0 Å². The highest BCUT2D eigenvalue weighted by molar-refractivity contribution is 6.81. The average molecular weight is 180 g/mol. The van der Waals surface area contributed by atoms with Crippen LogP contribution in [0.3, 0.4) is 0 Å². The molecule has 1 N–H and O–H groups in total. The van der Waals surface area contributed by atoms with Crippen LogP contribution in [0.25, 0.3) is 0 Å². The largest absolute Gasteiger partial charge is 0.460 e. The van der Waals surface area contributed by atoms with E-state index in [1.165, 1.54) is 0 Å². The molecule has 5 heteroatoms. The Hall–Kier alpha value is -0.770. The van der Waals surface area contributed by atoms with E-state index in [2.05, 4.69) is 9.89 Å². The maximum atomic E-state index is 10.6. The Morgan fingerprint density at radius 1 is 1.73 bits per heavy atom. The van der Waals surface area contributed by atoms with Crippen LogP contribution in [0.5, 0.6) is 0 Å². The fourth-order valence-corrected chi connectivity index (χ4v) is 0.397. The summed E-state index contributed by atoms with van der Waals surface area (Å²) < 4.78 is 4.59. The van der Waals surface area contributed by atoms with Gasteiger partial charge < -0.3 is 9.94 Å². The number of ether oxygens (including phenoxy) is 1. The van der Waals surface area contributed by atoms with Gasteiger partial charge in [-0.1, -0.05) is 30.6 Å². The lowest BCUT2D eigenvalue weighted by Gasteiger charge is -2.04. The van der Waals surface area contributed by atoms with Crippen LogP contribution in [0.15, 0.2) is 5.16 Å². The summed E-state index contributed by atoms with van der Waals surface area (Å²) in [7, 11) is 0. The predicted octanol–water partition coefficient (Wildman–Crippen LogP) is 1.21. The Labute approximate surface area is 69.8 Å². The number of oxime groups is 1. The zero-order valence-corrected chi connectivity index (χ0v) is 7.13. The standard InChI is InChI=1S/C6H10ClNO3/c1-4(2)3-11-6(9)5(7)8-10/h4,10H,3H2,1-2H3. The van der Waals surface area contributed by atoms with Crippen LogP contribution in [0, 0.1) is 5.92 Å². The molecule has 0 saturated carbocycles. The topological polar surface area (TPSA) is 58.9 Å². The van der Waals surface area contributed by atoms with Gasteiger partial charge in [0, 0.05) is 0 Å². The summed E-state index contributed by atoms with van der Waals surface area (Å²) in [5.74, 6) is -0.565. The lowest BCUT2D eigenvalue weighted by Crippen LogP contribution is -2.15. The lowest BCUT2D eigenvalue weighted by molar-refractivity contribution is -0.136. The zero-order valence-electron chi connectivity index (χ0n) is 6.37. The van der Waals surface area contributed by atoms with E-state index in [1.54, 1.807) is 0 Å². The molecule has 0 unspecified atom stereocenters. The highest BCUT2D eigenvalue weighted by Crippen LogP contribution is 1.95. The number of hydrogen-bond donors (Lipinski definition) is 1. The molecule has 4 nitrogen and oxygen atoms in total. The summed E-state index contributed by atoms with van der Waals surface area (Å²) in [6.45, 7) is 4.04. The maximum absolute atomic E-state index is 10.6. The fraction of sp³-hybridized carbons (Fsp3) is 0.667. The summed E-state index contributed by atoms with van der Waals surface area (Å²) in [4.78, 5) is 10.6. The van der Waals surface area contributed by atoms with Crippen LogP contribution >= 0.6 is 11.6 Å². The zero-order chi connectivity index (χ0) is 8.85. The van der Waals surface area contributed by atoms with Gasteiger partial charge in [0.15, 0.2) is 0 Å². The molecule has 0 aromatic carbocycles. The third-order valence-electron chi connectivity index (χ3n) is 0.804. The van der Waals surface area contributed by atoms with Crippen molar-refractivity contribution in [2.75, 3.05) is 6.61 Å². The highest BCUT2D eigenvalue weighted by Gasteiger charge is 2.10. The van der Waals surface area contributed by atoms with Gasteiger partial charge in [-0.3, -0.25) is 0 Å². The van der Waals surface area contributed by atoms with Crippen LogP contribution in [0.4, 0.5) is 0 Å². The first-order chi connectivity index (χ1) is 5.07. The van der Waals surface area contributed by atoms with E-state index >= 15 is 0 Å². The summed E-state index contributed by atoms with van der Waals surface area (Å²) in [5, 5.41) is 9.95. The number of nitrogens with zero attached hydrogens (tertiary/aromatic N) is 1. The molecule has 0 spiro atoms. The Morgan fingerprint density at radius 2 is 2.27 bits per heavy atom. The van der Waals surface area contributed by atoms with Gasteiger partial charge in [-0.15, -0.1) is 0 Å². The van der Waals surface area contributed by atoms with E-state index in [1.807, 2.05) is 13.8 Å². The normalized spacial score (nSPS) is 11.8. The second-order valence-corrected chi connectivity index (χ2v) is 2.74. The maximum Gasteiger partial charge on any atom is 0.372 e. The number of esters is 1. The number of hydrogen-bond acceptors (Lipinski definition) is 4. The van der Waals surface area contributed by atoms with E-state index in [9.17, 15) is 4.79 Å². The summed E-state index contributed by atoms with van der Waals surface area (Å²) in [6.07, 6.45) is 0. The number of rotatable bonds is 3. The van der Waals surface area contributed by atoms with Crippen molar-refractivity contribution < 1.29 is 14.7 Å². The van der Waals surface area contributed by atoms with E-state index in [-0.39, 0.29) is 12.5 Å². The lowest BCUT2D eigenvalue weighted by atomic mass is 10.2. The number of carbonyl (C=O) groups is 1. The molecule has 0 aliphatic heterocycles. The molecule has 0 saturated heterocycles. The van der Waals surface area contributed by atoms with Gasteiger partial charge in [0.2, 0.25) is 0 Å². The van der Waals surface area contributed by atoms with Crippen LogP contribution in [0.1, 0.15) is 13.8 Å². The van der Waals surface area contributed by atoms with Crippen molar-refractivity contribution >= 4 is 22.7 Å². The van der Waals surface area contributed by atoms with Gasteiger partial charge in [-0.25, -0.2) is 4.79 Å². The minimum Gasteiger partial charge on any atom is -0.460 e. The molecule has 0 aromatic heterocycles. The predicted molar refractivity (Wildman–Crippen MR) is 40.9 cm³/mol. The second-order valence-electron chi connectivity index (χ2n) is 2.38. The van der Waals surface area contributed by atoms with Gasteiger partial charge in [-0.05, 0) is 5.92 Å².